The van der Waals surface area contributed by atoms with Gasteiger partial charge in [0.2, 0.25) is 17.7 Å². The normalized spacial score (nSPS) is 31.5. The summed E-state index contributed by atoms with van der Waals surface area (Å²) in [6, 6.07) is -1.74. The first-order valence-electron chi connectivity index (χ1n) is 22.6. The maximum Gasteiger partial charge on any atom is 0.303 e. The third-order valence-corrected chi connectivity index (χ3v) is 18.3. The fraction of sp³-hybridized carbons (Fsp3) is 0.844. The van der Waals surface area contributed by atoms with Crippen LogP contribution in [-0.4, -0.2) is 103 Å². The highest BCUT2D eigenvalue weighted by molar-refractivity contribution is 7.87. The van der Waals surface area contributed by atoms with Gasteiger partial charge in [0, 0.05) is 43.8 Å². The van der Waals surface area contributed by atoms with Gasteiger partial charge < -0.3 is 10.2 Å². The number of amides is 3. The van der Waals surface area contributed by atoms with Gasteiger partial charge in [0.05, 0.1) is 23.5 Å². The van der Waals surface area contributed by atoms with Gasteiger partial charge >= 0.3 is 10.2 Å². The molecular formula is C45H73N5O7S. The highest BCUT2D eigenvalue weighted by Gasteiger charge is 2.85. The van der Waals surface area contributed by atoms with Gasteiger partial charge in [0.15, 0.2) is 11.6 Å². The van der Waals surface area contributed by atoms with Crippen LogP contribution in [0.3, 0.4) is 0 Å². The van der Waals surface area contributed by atoms with Crippen LogP contribution >= 0.6 is 0 Å². The Morgan fingerprint density at radius 3 is 2.07 bits per heavy atom. The average Bonchev–Trinajstić information content (AvgIpc) is 3.67. The van der Waals surface area contributed by atoms with E-state index in [1.807, 2.05) is 20.8 Å². The molecule has 6 fully saturated rings. The molecule has 3 amide bonds. The molecule has 2 spiro atoms. The number of nitrogens with zero attached hydrogens (tertiary/aromatic N) is 3. The number of carbonyl (C=O) groups is 5. The zero-order valence-corrected chi connectivity index (χ0v) is 37.6. The molecule has 2 aliphatic heterocycles. The van der Waals surface area contributed by atoms with E-state index in [0.29, 0.717) is 19.4 Å². The number of allylic oxidation sites excluding steroid dienone is 1. The van der Waals surface area contributed by atoms with Crippen molar-refractivity contribution in [2.75, 3.05) is 32.7 Å². The molecule has 0 bridgehead atoms. The van der Waals surface area contributed by atoms with Crippen molar-refractivity contribution < 1.29 is 32.4 Å². The topological polar surface area (TPSA) is 153 Å². The van der Waals surface area contributed by atoms with Crippen molar-refractivity contribution in [1.29, 1.82) is 0 Å². The van der Waals surface area contributed by atoms with Crippen molar-refractivity contribution in [2.45, 2.75) is 163 Å². The number of fused-ring (bicyclic) bond motifs is 1. The number of ketones is 2. The lowest BCUT2D eigenvalue weighted by Crippen LogP contribution is -2.54. The summed E-state index contributed by atoms with van der Waals surface area (Å²) in [4.78, 5) is 76.5. The molecule has 2 heterocycles. The van der Waals surface area contributed by atoms with Gasteiger partial charge in [-0.2, -0.15) is 12.7 Å². The molecule has 6 rings (SSSR count). The minimum absolute atomic E-state index is 0.0109. The van der Waals surface area contributed by atoms with Crippen molar-refractivity contribution in [2.24, 2.45) is 44.8 Å². The molecule has 0 aromatic carbocycles. The van der Waals surface area contributed by atoms with E-state index in [4.69, 9.17) is 0 Å². The molecule has 0 radical (unpaired) electrons. The van der Waals surface area contributed by atoms with Gasteiger partial charge in [-0.1, -0.05) is 87.1 Å². The van der Waals surface area contributed by atoms with Crippen LogP contribution in [0, 0.1) is 44.8 Å². The third-order valence-electron chi connectivity index (χ3n) is 16.7. The Kier molecular flexibility index (Phi) is 12.6. The molecule has 2 saturated heterocycles. The van der Waals surface area contributed by atoms with E-state index >= 15 is 4.79 Å². The summed E-state index contributed by atoms with van der Waals surface area (Å²) in [6.07, 6.45) is 11.9. The molecule has 7 atom stereocenters. The molecule has 6 aliphatic rings. The van der Waals surface area contributed by atoms with Gasteiger partial charge in [-0.05, 0) is 92.5 Å². The second kappa shape index (κ2) is 16.3. The van der Waals surface area contributed by atoms with Crippen LogP contribution in [0.5, 0.6) is 0 Å². The van der Waals surface area contributed by atoms with Crippen LogP contribution in [0.1, 0.15) is 145 Å². The second-order valence-corrected chi connectivity index (χ2v) is 22.1. The first-order chi connectivity index (χ1) is 27.2. The Hall–Kier alpha value is -2.64. The molecule has 13 heteroatoms. The van der Waals surface area contributed by atoms with Crippen molar-refractivity contribution >= 4 is 39.5 Å². The van der Waals surface area contributed by atoms with E-state index in [9.17, 15) is 27.6 Å². The lowest BCUT2D eigenvalue weighted by Gasteiger charge is -2.37. The highest BCUT2D eigenvalue weighted by Crippen LogP contribution is 2.88. The van der Waals surface area contributed by atoms with E-state index < -0.39 is 44.9 Å². The zero-order chi connectivity index (χ0) is 42.6. The number of carbonyl (C=O) groups excluding carboxylic acids is 5. The Labute approximate surface area is 348 Å². The maximum atomic E-state index is 15.3. The summed E-state index contributed by atoms with van der Waals surface area (Å²) in [5.74, 6) is -2.51. The summed E-state index contributed by atoms with van der Waals surface area (Å²) < 4.78 is 29.8. The van der Waals surface area contributed by atoms with E-state index in [2.05, 4.69) is 42.3 Å². The SMILES string of the molecule is C=C[C@@H]1C[C@]1(CC(=O)[C@@H]1CC2(CN1C(=O)[C@@H](CC(=O)[C@@H](NC(=O)[C@@H]1CCCN1CC)C1CCCCC1)C(C)(C)C)C(C)(C)C21CCC1)C(=O)NS(=O)(=O)N(CC)CC. The van der Waals surface area contributed by atoms with Gasteiger partial charge in [-0.3, -0.25) is 28.9 Å². The second-order valence-electron chi connectivity index (χ2n) is 20.5. The minimum Gasteiger partial charge on any atom is -0.345 e. The quantitative estimate of drug-likeness (QED) is 0.175. The van der Waals surface area contributed by atoms with Gasteiger partial charge in [0.1, 0.15) is 0 Å². The van der Waals surface area contributed by atoms with E-state index in [0.717, 1.165) is 77.3 Å². The summed E-state index contributed by atoms with van der Waals surface area (Å²) >= 11 is 0. The molecule has 4 aliphatic carbocycles. The van der Waals surface area contributed by atoms with Gasteiger partial charge in [0.25, 0.3) is 0 Å². The summed E-state index contributed by atoms with van der Waals surface area (Å²) in [6.45, 7) is 22.2. The standard InChI is InChI=1S/C45H73N5O7S/c1-10-31-26-43(31,40(55)47-58(56,57)49(12-3)13-4)28-36(52)34-27-45(42(8,9)44(45)22-18-23-44)29-50(34)39(54)32(41(5,6)7)25-35(51)37(30-19-15-14-16-20-30)46-38(53)33-21-17-24-48(33)11-2/h10,30-34,37H,1,11-29H2,2-9H3,(H,46,53)(H,47,55)/t31-,32-,33+,34+,37+,43-,45?/m1/s1. The number of nitrogens with one attached hydrogen (secondary N) is 2. The van der Waals surface area contributed by atoms with Crippen molar-refractivity contribution in [3.8, 4) is 0 Å². The predicted molar refractivity (Wildman–Crippen MR) is 224 cm³/mol. The van der Waals surface area contributed by atoms with Crippen LogP contribution in [-0.2, 0) is 34.2 Å². The molecule has 58 heavy (non-hydrogen) atoms. The van der Waals surface area contributed by atoms with Gasteiger partial charge in [-0.15, -0.1) is 6.58 Å². The van der Waals surface area contributed by atoms with Crippen molar-refractivity contribution in [3.63, 3.8) is 0 Å². The van der Waals surface area contributed by atoms with Crippen molar-refractivity contribution in [3.05, 3.63) is 12.7 Å². The van der Waals surface area contributed by atoms with E-state index in [-0.39, 0.29) is 83.4 Å². The fourth-order valence-corrected chi connectivity index (χ4v) is 13.8. The monoisotopic (exact) mass is 828 g/mol. The lowest BCUT2D eigenvalue weighted by atomic mass is 9.73. The molecule has 1 unspecified atom stereocenters. The Morgan fingerprint density at radius 1 is 0.897 bits per heavy atom. The number of hydrogen-bond acceptors (Lipinski definition) is 8. The van der Waals surface area contributed by atoms with Crippen LogP contribution in [0.4, 0.5) is 0 Å². The molecule has 4 saturated carbocycles. The number of rotatable bonds is 17. The summed E-state index contributed by atoms with van der Waals surface area (Å²) in [5.41, 5.74) is -2.25. The summed E-state index contributed by atoms with van der Waals surface area (Å²) in [7, 11) is -4.12. The summed E-state index contributed by atoms with van der Waals surface area (Å²) in [5, 5.41) is 3.23. The van der Waals surface area contributed by atoms with Crippen LogP contribution in [0.25, 0.3) is 0 Å². The van der Waals surface area contributed by atoms with Crippen LogP contribution < -0.4 is 10.0 Å². The van der Waals surface area contributed by atoms with Crippen LogP contribution in [0.15, 0.2) is 12.7 Å². The number of Topliss-reactive ketones (excluding diaryl/α,β-unsaturated/α-hetero) is 2. The molecule has 0 aromatic rings. The number of likely N-dealkylation sites (tertiary alicyclic amines) is 2. The van der Waals surface area contributed by atoms with Gasteiger partial charge in [-0.25, -0.2) is 4.72 Å². The first kappa shape index (κ1) is 44.9. The molecule has 12 nitrogen and oxygen atoms in total. The number of likely N-dealkylation sites (N-methyl/N-ethyl adjacent to an activating group) is 1. The lowest BCUT2D eigenvalue weighted by molar-refractivity contribution is -0.147. The minimum atomic E-state index is -4.12. The Bertz CT molecular complexity index is 1740. The largest absolute Gasteiger partial charge is 0.345 e. The van der Waals surface area contributed by atoms with Crippen molar-refractivity contribution in [1.82, 2.24) is 24.1 Å². The predicted octanol–water partition coefficient (Wildman–Crippen LogP) is 5.81. The average molecular weight is 828 g/mol. The molecule has 326 valence electrons. The molecule has 2 N–H and O–H groups in total. The van der Waals surface area contributed by atoms with E-state index in [1.165, 1.54) is 4.31 Å². The Morgan fingerprint density at radius 2 is 1.55 bits per heavy atom. The smallest absolute Gasteiger partial charge is 0.303 e. The number of hydrogen-bond donors (Lipinski definition) is 2. The van der Waals surface area contributed by atoms with E-state index in [1.54, 1.807) is 24.8 Å². The third kappa shape index (κ3) is 7.53. The maximum absolute atomic E-state index is 15.3. The molecular weight excluding hydrogens is 755 g/mol. The molecule has 0 aromatic heterocycles. The fourth-order valence-electron chi connectivity index (χ4n) is 12.6. The highest BCUT2D eigenvalue weighted by atomic mass is 32.2. The first-order valence-corrected chi connectivity index (χ1v) is 24.0. The zero-order valence-electron chi connectivity index (χ0n) is 36.8. The van der Waals surface area contributed by atoms with Crippen LogP contribution in [0.2, 0.25) is 0 Å². The Balaban J connectivity index is 1.28.